The predicted molar refractivity (Wildman–Crippen MR) is 115 cm³/mol. The van der Waals surface area contributed by atoms with Crippen LogP contribution in [0, 0.1) is 0 Å². The number of rotatable bonds is 4. The highest BCUT2D eigenvalue weighted by Crippen LogP contribution is 2.28. The first-order chi connectivity index (χ1) is 13.7. The molecule has 0 unspecified atom stereocenters. The Balaban J connectivity index is 0.00000109. The summed E-state index contributed by atoms with van der Waals surface area (Å²) in [6, 6.07) is 17.3. The number of anilines is 1. The van der Waals surface area contributed by atoms with Crippen molar-refractivity contribution >= 4 is 17.7 Å². The van der Waals surface area contributed by atoms with E-state index in [0.717, 1.165) is 12.0 Å². The van der Waals surface area contributed by atoms with Crippen LogP contribution >= 0.6 is 0 Å². The SMILES string of the molecule is CC.Nc1nc2nc(-c3ccccc3O)cn2cc1/C=C/Cc1ccccc1. The van der Waals surface area contributed by atoms with Gasteiger partial charge in [-0.1, -0.05) is 68.5 Å². The molecule has 2 aromatic carbocycles. The minimum absolute atomic E-state index is 0.187. The standard InChI is InChI=1S/C21H18N4O.C2H6/c22-20-16(10-6-9-15-7-2-1-3-8-15)13-25-14-18(23-21(25)24-20)17-11-4-5-12-19(17)26;1-2/h1-8,10-14,26H,9H2,(H2,22,23,24);1-2H3/b10-6+;. The number of nitrogens with zero attached hydrogens (tertiary/aromatic N) is 3. The molecule has 0 aliphatic heterocycles. The van der Waals surface area contributed by atoms with Crippen LogP contribution in [0.15, 0.2) is 73.1 Å². The fourth-order valence-corrected chi connectivity index (χ4v) is 2.83. The van der Waals surface area contributed by atoms with Gasteiger partial charge in [0.2, 0.25) is 5.78 Å². The van der Waals surface area contributed by atoms with E-state index in [1.807, 2.05) is 67.0 Å². The van der Waals surface area contributed by atoms with Crippen molar-refractivity contribution in [1.82, 2.24) is 14.4 Å². The van der Waals surface area contributed by atoms with Crippen molar-refractivity contribution in [1.29, 1.82) is 0 Å². The Kier molecular flexibility index (Phi) is 6.07. The van der Waals surface area contributed by atoms with Gasteiger partial charge in [-0.2, -0.15) is 4.98 Å². The van der Waals surface area contributed by atoms with Crippen molar-refractivity contribution in [3.63, 3.8) is 0 Å². The molecule has 2 aromatic heterocycles. The van der Waals surface area contributed by atoms with E-state index < -0.39 is 0 Å². The van der Waals surface area contributed by atoms with Gasteiger partial charge < -0.3 is 10.8 Å². The smallest absolute Gasteiger partial charge is 0.236 e. The quantitative estimate of drug-likeness (QED) is 0.530. The molecule has 142 valence electrons. The van der Waals surface area contributed by atoms with Gasteiger partial charge in [0.05, 0.1) is 5.69 Å². The number of aromatic hydroxyl groups is 1. The van der Waals surface area contributed by atoms with Gasteiger partial charge in [-0.25, -0.2) is 4.98 Å². The summed E-state index contributed by atoms with van der Waals surface area (Å²) < 4.78 is 1.82. The van der Waals surface area contributed by atoms with Crippen LogP contribution in [-0.2, 0) is 6.42 Å². The molecule has 0 fully saturated rings. The lowest BCUT2D eigenvalue weighted by atomic mass is 10.1. The van der Waals surface area contributed by atoms with E-state index >= 15 is 0 Å². The number of para-hydroxylation sites is 1. The Hall–Kier alpha value is -3.60. The monoisotopic (exact) mass is 372 g/mol. The molecule has 4 aromatic rings. The summed E-state index contributed by atoms with van der Waals surface area (Å²) in [4.78, 5) is 8.84. The number of aromatic nitrogens is 3. The number of benzene rings is 2. The van der Waals surface area contributed by atoms with Crippen molar-refractivity contribution in [3.8, 4) is 17.0 Å². The molecule has 4 rings (SSSR count). The lowest BCUT2D eigenvalue weighted by molar-refractivity contribution is 0.477. The number of phenolic OH excluding ortho intramolecular Hbond substituents is 1. The number of hydrogen-bond donors (Lipinski definition) is 2. The summed E-state index contributed by atoms with van der Waals surface area (Å²) in [7, 11) is 0. The first kappa shape index (κ1) is 19.2. The average molecular weight is 372 g/mol. The number of fused-ring (bicyclic) bond motifs is 1. The van der Waals surface area contributed by atoms with Gasteiger partial charge in [0, 0.05) is 23.5 Å². The first-order valence-electron chi connectivity index (χ1n) is 9.35. The van der Waals surface area contributed by atoms with Gasteiger partial charge in [-0.15, -0.1) is 0 Å². The average Bonchev–Trinajstić information content (AvgIpc) is 3.13. The molecule has 28 heavy (non-hydrogen) atoms. The van der Waals surface area contributed by atoms with Crippen LogP contribution in [0.3, 0.4) is 0 Å². The van der Waals surface area contributed by atoms with Crippen LogP contribution in [0.1, 0.15) is 25.0 Å². The summed E-state index contributed by atoms with van der Waals surface area (Å²) in [6.07, 6.45) is 8.59. The summed E-state index contributed by atoms with van der Waals surface area (Å²) in [5, 5.41) is 10.0. The van der Waals surface area contributed by atoms with Gasteiger partial charge in [0.15, 0.2) is 0 Å². The lowest BCUT2D eigenvalue weighted by Gasteiger charge is -2.01. The molecular weight excluding hydrogens is 348 g/mol. The second-order valence-corrected chi connectivity index (χ2v) is 6.02. The third-order valence-electron chi connectivity index (χ3n) is 4.18. The zero-order chi connectivity index (χ0) is 19.9. The maximum absolute atomic E-state index is 10.0. The van der Waals surface area contributed by atoms with Crippen molar-refractivity contribution in [2.75, 3.05) is 5.73 Å². The fraction of sp³-hybridized carbons (Fsp3) is 0.130. The molecule has 5 nitrogen and oxygen atoms in total. The molecular formula is C23H24N4O. The summed E-state index contributed by atoms with van der Waals surface area (Å²) in [5.74, 6) is 1.11. The minimum Gasteiger partial charge on any atom is -0.507 e. The molecule has 0 saturated carbocycles. The molecule has 0 bridgehead atoms. The molecule has 0 aliphatic rings. The van der Waals surface area contributed by atoms with Crippen molar-refractivity contribution in [3.05, 3.63) is 84.2 Å². The Labute approximate surface area is 164 Å². The highest BCUT2D eigenvalue weighted by atomic mass is 16.3. The van der Waals surface area contributed by atoms with E-state index in [2.05, 4.69) is 28.2 Å². The van der Waals surface area contributed by atoms with Crippen LogP contribution in [0.5, 0.6) is 5.75 Å². The summed E-state index contributed by atoms with van der Waals surface area (Å²) in [6.45, 7) is 4.00. The van der Waals surface area contributed by atoms with E-state index in [-0.39, 0.29) is 5.75 Å². The van der Waals surface area contributed by atoms with E-state index in [1.165, 1.54) is 5.56 Å². The molecule has 0 amide bonds. The maximum Gasteiger partial charge on any atom is 0.236 e. The van der Waals surface area contributed by atoms with Crippen molar-refractivity contribution in [2.24, 2.45) is 0 Å². The van der Waals surface area contributed by atoms with Crippen LogP contribution in [0.4, 0.5) is 5.82 Å². The summed E-state index contributed by atoms with van der Waals surface area (Å²) in [5.41, 5.74) is 9.46. The van der Waals surface area contributed by atoms with Gasteiger partial charge >= 0.3 is 0 Å². The Morgan fingerprint density at radius 3 is 2.43 bits per heavy atom. The molecule has 0 aliphatic carbocycles. The van der Waals surface area contributed by atoms with Gasteiger partial charge in [-0.05, 0) is 24.1 Å². The highest BCUT2D eigenvalue weighted by molar-refractivity contribution is 5.69. The van der Waals surface area contributed by atoms with E-state index in [1.54, 1.807) is 12.1 Å². The van der Waals surface area contributed by atoms with Crippen LogP contribution in [0.25, 0.3) is 23.1 Å². The van der Waals surface area contributed by atoms with E-state index in [0.29, 0.717) is 22.9 Å². The number of phenols is 1. The second kappa shape index (κ2) is 8.86. The molecule has 0 atom stereocenters. The fourth-order valence-electron chi connectivity index (χ4n) is 2.83. The zero-order valence-corrected chi connectivity index (χ0v) is 16.1. The number of hydrogen-bond acceptors (Lipinski definition) is 4. The number of allylic oxidation sites excluding steroid dienone is 1. The highest BCUT2D eigenvalue weighted by Gasteiger charge is 2.10. The van der Waals surface area contributed by atoms with Gasteiger partial charge in [0.25, 0.3) is 0 Å². The largest absolute Gasteiger partial charge is 0.507 e. The first-order valence-corrected chi connectivity index (χ1v) is 9.35. The van der Waals surface area contributed by atoms with Crippen molar-refractivity contribution < 1.29 is 5.11 Å². The topological polar surface area (TPSA) is 76.4 Å². The third kappa shape index (κ3) is 4.20. The second-order valence-electron chi connectivity index (χ2n) is 6.02. The third-order valence-corrected chi connectivity index (χ3v) is 4.18. The van der Waals surface area contributed by atoms with E-state index in [9.17, 15) is 5.11 Å². The van der Waals surface area contributed by atoms with Gasteiger partial charge in [0.1, 0.15) is 11.6 Å². The normalized spacial score (nSPS) is 10.8. The predicted octanol–water partition coefficient (Wildman–Crippen LogP) is 4.97. The lowest BCUT2D eigenvalue weighted by Crippen LogP contribution is -1.98. The Morgan fingerprint density at radius 2 is 1.68 bits per heavy atom. The molecule has 0 radical (unpaired) electrons. The molecule has 0 spiro atoms. The number of nitrogen functional groups attached to an aromatic ring is 1. The zero-order valence-electron chi connectivity index (χ0n) is 16.1. The Morgan fingerprint density at radius 1 is 0.964 bits per heavy atom. The molecule has 5 heteroatoms. The minimum atomic E-state index is 0.187. The number of imidazole rings is 1. The summed E-state index contributed by atoms with van der Waals surface area (Å²) >= 11 is 0. The number of nitrogens with two attached hydrogens (primary N) is 1. The van der Waals surface area contributed by atoms with Crippen LogP contribution < -0.4 is 5.73 Å². The molecule has 0 saturated heterocycles. The van der Waals surface area contributed by atoms with Crippen LogP contribution in [0.2, 0.25) is 0 Å². The van der Waals surface area contributed by atoms with E-state index in [4.69, 9.17) is 5.73 Å². The maximum atomic E-state index is 10.0. The van der Waals surface area contributed by atoms with Crippen molar-refractivity contribution in [2.45, 2.75) is 20.3 Å². The molecule has 2 heterocycles. The Bertz CT molecular complexity index is 1080. The molecule has 3 N–H and O–H groups in total. The van der Waals surface area contributed by atoms with Gasteiger partial charge in [-0.3, -0.25) is 4.40 Å². The van der Waals surface area contributed by atoms with Crippen LogP contribution in [-0.4, -0.2) is 19.5 Å².